The zero-order valence-electron chi connectivity index (χ0n) is 17.4. The van der Waals surface area contributed by atoms with Gasteiger partial charge in [-0.1, -0.05) is 17.7 Å². The third kappa shape index (κ3) is 5.77. The van der Waals surface area contributed by atoms with E-state index >= 15 is 0 Å². The second-order valence-electron chi connectivity index (χ2n) is 8.26. The van der Waals surface area contributed by atoms with Gasteiger partial charge in [0, 0.05) is 30.2 Å². The van der Waals surface area contributed by atoms with Crippen LogP contribution in [0, 0.1) is 17.7 Å². The van der Waals surface area contributed by atoms with Crippen LogP contribution in [0.2, 0.25) is 5.02 Å². The Labute approximate surface area is 187 Å². The number of pyridine rings is 3. The fraction of sp³-hybridized carbons (Fsp3) is 0.375. The van der Waals surface area contributed by atoms with Crippen LogP contribution in [0.15, 0.2) is 48.9 Å². The van der Waals surface area contributed by atoms with Crippen molar-refractivity contribution >= 4 is 17.4 Å². The van der Waals surface area contributed by atoms with E-state index in [9.17, 15) is 4.39 Å². The molecule has 1 fully saturated rings. The molecule has 5 nitrogen and oxygen atoms in total. The molecule has 3 aromatic heterocycles. The van der Waals surface area contributed by atoms with Crippen molar-refractivity contribution < 1.29 is 4.39 Å². The number of nitrogens with zero attached hydrogens (tertiary/aromatic N) is 3. The quantitative estimate of drug-likeness (QED) is 0.525. The first-order valence-corrected chi connectivity index (χ1v) is 11.1. The Balaban J connectivity index is 1.46. The Morgan fingerprint density at radius 3 is 2.65 bits per heavy atom. The third-order valence-electron chi connectivity index (χ3n) is 5.97. The number of halogens is 2. The van der Waals surface area contributed by atoms with E-state index in [1.165, 1.54) is 37.9 Å². The first-order chi connectivity index (χ1) is 15.1. The Hall–Kier alpha value is -2.57. The van der Waals surface area contributed by atoms with Crippen molar-refractivity contribution in [2.75, 3.05) is 11.9 Å². The van der Waals surface area contributed by atoms with Gasteiger partial charge in [0.2, 0.25) is 0 Å². The Kier molecular flexibility index (Phi) is 7.10. The van der Waals surface area contributed by atoms with E-state index in [0.29, 0.717) is 29.2 Å². The van der Waals surface area contributed by atoms with Gasteiger partial charge in [-0.3, -0.25) is 9.97 Å². The highest BCUT2D eigenvalue weighted by molar-refractivity contribution is 6.33. The lowest BCUT2D eigenvalue weighted by atomic mass is 9.80. The average molecular weight is 440 g/mol. The summed E-state index contributed by atoms with van der Waals surface area (Å²) in [5.41, 5.74) is 9.26. The first kappa shape index (κ1) is 21.7. The first-order valence-electron chi connectivity index (χ1n) is 10.8. The molecule has 0 aliphatic heterocycles. The second-order valence-corrected chi connectivity index (χ2v) is 8.66. The summed E-state index contributed by atoms with van der Waals surface area (Å²) in [6.07, 6.45) is 10.3. The predicted molar refractivity (Wildman–Crippen MR) is 122 cm³/mol. The number of hydrogen-bond donors (Lipinski definition) is 2. The van der Waals surface area contributed by atoms with Gasteiger partial charge in [-0.25, -0.2) is 9.37 Å². The van der Waals surface area contributed by atoms with Crippen LogP contribution in [-0.4, -0.2) is 21.5 Å². The van der Waals surface area contributed by atoms with Crippen molar-refractivity contribution in [2.45, 2.75) is 38.6 Å². The molecule has 1 aliphatic rings. The molecule has 4 rings (SSSR count). The SMILES string of the molecule is NCC1CCC(Cc2cc(-c3cccc(NCc4cncc(F)c4)n3)c(Cl)cn2)CC1. The molecule has 0 saturated heterocycles. The molecule has 0 aromatic carbocycles. The number of hydrogen-bond acceptors (Lipinski definition) is 5. The zero-order valence-corrected chi connectivity index (χ0v) is 18.2. The molecule has 0 atom stereocenters. The van der Waals surface area contributed by atoms with Crippen LogP contribution in [0.25, 0.3) is 11.3 Å². The Bertz CT molecular complexity index is 1020. The summed E-state index contributed by atoms with van der Waals surface area (Å²) in [6.45, 7) is 1.23. The maximum Gasteiger partial charge on any atom is 0.141 e. The van der Waals surface area contributed by atoms with E-state index in [1.807, 2.05) is 18.2 Å². The fourth-order valence-corrected chi connectivity index (χ4v) is 4.39. The summed E-state index contributed by atoms with van der Waals surface area (Å²) in [4.78, 5) is 13.1. The fourth-order valence-electron chi connectivity index (χ4n) is 4.19. The van der Waals surface area contributed by atoms with Crippen molar-refractivity contribution in [2.24, 2.45) is 17.6 Å². The Morgan fingerprint density at radius 2 is 1.87 bits per heavy atom. The molecule has 0 spiro atoms. The molecule has 1 saturated carbocycles. The normalized spacial score (nSPS) is 18.7. The zero-order chi connectivity index (χ0) is 21.6. The predicted octanol–water partition coefficient (Wildman–Crippen LogP) is 5.25. The van der Waals surface area contributed by atoms with Gasteiger partial charge in [0.1, 0.15) is 11.6 Å². The van der Waals surface area contributed by atoms with Crippen LogP contribution in [-0.2, 0) is 13.0 Å². The van der Waals surface area contributed by atoms with E-state index in [4.69, 9.17) is 22.3 Å². The minimum atomic E-state index is -0.353. The average Bonchev–Trinajstić information content (AvgIpc) is 2.80. The second kappa shape index (κ2) is 10.2. The molecule has 31 heavy (non-hydrogen) atoms. The molecule has 3 aromatic rings. The summed E-state index contributed by atoms with van der Waals surface area (Å²) in [5, 5.41) is 3.80. The maximum atomic E-state index is 13.3. The third-order valence-corrected chi connectivity index (χ3v) is 6.27. The Morgan fingerprint density at radius 1 is 1.06 bits per heavy atom. The van der Waals surface area contributed by atoms with E-state index in [1.54, 1.807) is 12.4 Å². The number of nitrogens with one attached hydrogen (secondary N) is 1. The molecule has 7 heteroatoms. The highest BCUT2D eigenvalue weighted by Crippen LogP contribution is 2.32. The lowest BCUT2D eigenvalue weighted by Crippen LogP contribution is -2.22. The van der Waals surface area contributed by atoms with Gasteiger partial charge >= 0.3 is 0 Å². The molecular formula is C24H27ClFN5. The van der Waals surface area contributed by atoms with Crippen LogP contribution < -0.4 is 11.1 Å². The number of nitrogens with two attached hydrogens (primary N) is 1. The van der Waals surface area contributed by atoms with Crippen LogP contribution in [0.4, 0.5) is 10.2 Å². The van der Waals surface area contributed by atoms with Crippen LogP contribution in [0.3, 0.4) is 0 Å². The molecule has 3 N–H and O–H groups in total. The molecule has 1 aliphatic carbocycles. The molecular weight excluding hydrogens is 413 g/mol. The van der Waals surface area contributed by atoms with E-state index in [-0.39, 0.29) is 5.82 Å². The van der Waals surface area contributed by atoms with Gasteiger partial charge in [0.15, 0.2) is 0 Å². The monoisotopic (exact) mass is 439 g/mol. The van der Waals surface area contributed by atoms with Crippen LogP contribution in [0.5, 0.6) is 0 Å². The lowest BCUT2D eigenvalue weighted by Gasteiger charge is -2.27. The highest BCUT2D eigenvalue weighted by atomic mass is 35.5. The summed E-state index contributed by atoms with van der Waals surface area (Å²) in [7, 11) is 0. The maximum absolute atomic E-state index is 13.3. The highest BCUT2D eigenvalue weighted by Gasteiger charge is 2.21. The molecule has 0 bridgehead atoms. The van der Waals surface area contributed by atoms with Crippen molar-refractivity contribution in [3.63, 3.8) is 0 Å². The molecule has 3 heterocycles. The number of rotatable bonds is 7. The van der Waals surface area contributed by atoms with Crippen molar-refractivity contribution in [3.8, 4) is 11.3 Å². The summed E-state index contributed by atoms with van der Waals surface area (Å²) in [5.74, 6) is 1.66. The van der Waals surface area contributed by atoms with Crippen molar-refractivity contribution in [1.29, 1.82) is 0 Å². The topological polar surface area (TPSA) is 76.7 Å². The van der Waals surface area contributed by atoms with Gasteiger partial charge in [-0.05, 0) is 80.3 Å². The minimum absolute atomic E-state index is 0.353. The number of anilines is 1. The van der Waals surface area contributed by atoms with Crippen molar-refractivity contribution in [3.05, 3.63) is 71.0 Å². The van der Waals surface area contributed by atoms with Gasteiger partial charge < -0.3 is 11.1 Å². The summed E-state index contributed by atoms with van der Waals surface area (Å²) >= 11 is 6.47. The van der Waals surface area contributed by atoms with E-state index in [2.05, 4.69) is 21.4 Å². The summed E-state index contributed by atoms with van der Waals surface area (Å²) < 4.78 is 13.3. The van der Waals surface area contributed by atoms with Crippen LogP contribution >= 0.6 is 11.6 Å². The van der Waals surface area contributed by atoms with E-state index < -0.39 is 0 Å². The standard InChI is InChI=1S/C24H27ClFN5/c25-22-15-29-20(9-16-4-6-17(11-27)7-5-16)10-21(22)23-2-1-3-24(31-23)30-13-18-8-19(26)14-28-12-18/h1-3,8,10,12,14-17H,4-7,9,11,13,27H2,(H,30,31). The van der Waals surface area contributed by atoms with Gasteiger partial charge in [-0.15, -0.1) is 0 Å². The van der Waals surface area contributed by atoms with Gasteiger partial charge in [-0.2, -0.15) is 0 Å². The largest absolute Gasteiger partial charge is 0.366 e. The minimum Gasteiger partial charge on any atom is -0.366 e. The van der Waals surface area contributed by atoms with E-state index in [0.717, 1.165) is 35.5 Å². The van der Waals surface area contributed by atoms with Gasteiger partial charge in [0.05, 0.1) is 16.9 Å². The molecule has 162 valence electrons. The lowest BCUT2D eigenvalue weighted by molar-refractivity contribution is 0.277. The summed E-state index contributed by atoms with van der Waals surface area (Å²) in [6, 6.07) is 9.25. The van der Waals surface area contributed by atoms with Crippen LogP contribution in [0.1, 0.15) is 36.9 Å². The number of aromatic nitrogens is 3. The smallest absolute Gasteiger partial charge is 0.141 e. The molecule has 0 amide bonds. The molecule has 0 unspecified atom stereocenters. The van der Waals surface area contributed by atoms with Gasteiger partial charge in [0.25, 0.3) is 0 Å². The van der Waals surface area contributed by atoms with Crippen molar-refractivity contribution in [1.82, 2.24) is 15.0 Å². The molecule has 0 radical (unpaired) electrons.